The van der Waals surface area contributed by atoms with Gasteiger partial charge in [0, 0.05) is 10.5 Å². The molecular weight excluding hydrogens is 287 g/mol. The van der Waals surface area contributed by atoms with E-state index in [1.165, 1.54) is 12.1 Å². The number of thiophene rings is 1. The minimum atomic E-state index is -0.712. The van der Waals surface area contributed by atoms with Crippen molar-refractivity contribution in [2.24, 2.45) is 0 Å². The van der Waals surface area contributed by atoms with Gasteiger partial charge in [-0.25, -0.2) is 9.18 Å². The number of esters is 1. The van der Waals surface area contributed by atoms with Crippen molar-refractivity contribution < 1.29 is 13.9 Å². The fraction of sp³-hybridized carbons (Fsp3) is 0.235. The lowest BCUT2D eigenvalue weighted by molar-refractivity contribution is -0.141. The molecule has 0 saturated carbocycles. The number of carbonyl (C=O) groups excluding carboxylic acids is 1. The van der Waals surface area contributed by atoms with Crippen LogP contribution in [0.4, 0.5) is 4.39 Å². The third-order valence-electron chi connectivity index (χ3n) is 3.49. The predicted molar refractivity (Wildman–Crippen MR) is 82.4 cm³/mol. The number of benzene rings is 1. The molecule has 0 spiro atoms. The Hall–Kier alpha value is -1.94. The first kappa shape index (κ1) is 14.0. The predicted octanol–water partition coefficient (Wildman–Crippen LogP) is 4.44. The van der Waals surface area contributed by atoms with Crippen LogP contribution in [0.1, 0.15) is 29.9 Å². The van der Waals surface area contributed by atoms with E-state index in [0.717, 1.165) is 16.0 Å². The van der Waals surface area contributed by atoms with Crippen molar-refractivity contribution in [3.8, 4) is 0 Å². The van der Waals surface area contributed by atoms with E-state index in [1.807, 2.05) is 32.2 Å². The zero-order chi connectivity index (χ0) is 15.2. The smallest absolute Gasteiger partial charge is 0.340 e. The summed E-state index contributed by atoms with van der Waals surface area (Å²) in [5.41, 5.74) is 2.27. The van der Waals surface area contributed by atoms with E-state index in [4.69, 9.17) is 4.74 Å². The maximum absolute atomic E-state index is 13.5. The number of hydrogen-bond donors (Lipinski definition) is 0. The zero-order valence-electron chi connectivity index (χ0n) is 12.1. The van der Waals surface area contributed by atoms with E-state index in [0.29, 0.717) is 11.1 Å². The topological polar surface area (TPSA) is 26.3 Å². The minimum Gasteiger partial charge on any atom is -0.451 e. The molecule has 1 aliphatic heterocycles. The fourth-order valence-electron chi connectivity index (χ4n) is 2.63. The molecule has 0 saturated heterocycles. The van der Waals surface area contributed by atoms with Crippen LogP contribution in [0.3, 0.4) is 0 Å². The monoisotopic (exact) mass is 302 g/mol. The summed E-state index contributed by atoms with van der Waals surface area (Å²) < 4.78 is 19.0. The van der Waals surface area contributed by atoms with Crippen LogP contribution >= 0.6 is 11.3 Å². The van der Waals surface area contributed by atoms with Crippen LogP contribution in [0.5, 0.6) is 0 Å². The maximum atomic E-state index is 13.5. The lowest BCUT2D eigenvalue weighted by atomic mass is 9.91. The lowest BCUT2D eigenvalue weighted by Gasteiger charge is -2.20. The Morgan fingerprint density at radius 1 is 1.24 bits per heavy atom. The first-order valence-electron chi connectivity index (χ1n) is 6.68. The SMILES string of the molecule is Cc1csc(C2=C(c3cccc(F)c3)C(=O)OC2(C)C)c1. The molecule has 21 heavy (non-hydrogen) atoms. The number of hydrogen-bond acceptors (Lipinski definition) is 3. The van der Waals surface area contributed by atoms with Crippen molar-refractivity contribution in [2.45, 2.75) is 26.4 Å². The first-order valence-corrected chi connectivity index (χ1v) is 7.56. The van der Waals surface area contributed by atoms with Crippen LogP contribution in [0, 0.1) is 12.7 Å². The third-order valence-corrected chi connectivity index (χ3v) is 4.56. The fourth-order valence-corrected chi connectivity index (χ4v) is 3.73. The van der Waals surface area contributed by atoms with E-state index >= 15 is 0 Å². The molecule has 0 N–H and O–H groups in total. The lowest BCUT2D eigenvalue weighted by Crippen LogP contribution is -2.21. The Morgan fingerprint density at radius 2 is 2.00 bits per heavy atom. The van der Waals surface area contributed by atoms with Gasteiger partial charge in [-0.15, -0.1) is 11.3 Å². The largest absolute Gasteiger partial charge is 0.451 e. The number of halogens is 1. The van der Waals surface area contributed by atoms with Crippen molar-refractivity contribution >= 4 is 28.5 Å². The highest BCUT2D eigenvalue weighted by Crippen LogP contribution is 2.45. The van der Waals surface area contributed by atoms with Crippen molar-refractivity contribution in [1.29, 1.82) is 0 Å². The second-order valence-electron chi connectivity index (χ2n) is 5.65. The Labute approximate surface area is 126 Å². The van der Waals surface area contributed by atoms with Crippen LogP contribution in [0.2, 0.25) is 0 Å². The van der Waals surface area contributed by atoms with Crippen LogP contribution in [-0.4, -0.2) is 11.6 Å². The van der Waals surface area contributed by atoms with Gasteiger partial charge in [0.05, 0.1) is 5.57 Å². The van der Waals surface area contributed by atoms with Gasteiger partial charge in [-0.05, 0) is 55.5 Å². The Kier molecular flexibility index (Phi) is 3.21. The highest BCUT2D eigenvalue weighted by atomic mass is 32.1. The number of cyclic esters (lactones) is 1. The maximum Gasteiger partial charge on any atom is 0.340 e. The van der Waals surface area contributed by atoms with E-state index in [1.54, 1.807) is 23.5 Å². The molecule has 3 rings (SSSR count). The molecule has 0 unspecified atom stereocenters. The van der Waals surface area contributed by atoms with E-state index in [2.05, 4.69) is 0 Å². The van der Waals surface area contributed by atoms with Gasteiger partial charge in [0.25, 0.3) is 0 Å². The standard InChI is InChI=1S/C17H15FO2S/c1-10-7-13(21-9-10)15-14(16(19)20-17(15,2)3)11-5-4-6-12(18)8-11/h4-9H,1-3H3. The van der Waals surface area contributed by atoms with Gasteiger partial charge in [0.1, 0.15) is 11.4 Å². The molecule has 4 heteroatoms. The molecule has 2 nitrogen and oxygen atoms in total. The van der Waals surface area contributed by atoms with E-state index in [9.17, 15) is 9.18 Å². The number of carbonyl (C=O) groups is 1. The molecule has 0 amide bonds. The van der Waals surface area contributed by atoms with Gasteiger partial charge in [0.15, 0.2) is 0 Å². The second kappa shape index (κ2) is 4.81. The summed E-state index contributed by atoms with van der Waals surface area (Å²) in [7, 11) is 0. The molecule has 1 aromatic carbocycles. The number of rotatable bonds is 2. The number of aryl methyl sites for hydroxylation is 1. The van der Waals surface area contributed by atoms with Gasteiger partial charge >= 0.3 is 5.97 Å². The average molecular weight is 302 g/mol. The average Bonchev–Trinajstić information content (AvgIpc) is 2.89. The van der Waals surface area contributed by atoms with Gasteiger partial charge in [-0.3, -0.25) is 0 Å². The highest BCUT2D eigenvalue weighted by molar-refractivity contribution is 7.11. The molecule has 0 atom stereocenters. The molecule has 1 aliphatic rings. The van der Waals surface area contributed by atoms with E-state index in [-0.39, 0.29) is 5.82 Å². The Morgan fingerprint density at radius 3 is 2.62 bits per heavy atom. The van der Waals surface area contributed by atoms with Crippen molar-refractivity contribution in [2.75, 3.05) is 0 Å². The zero-order valence-corrected chi connectivity index (χ0v) is 12.9. The molecule has 1 aromatic heterocycles. The molecule has 0 bridgehead atoms. The van der Waals surface area contributed by atoms with Crippen molar-refractivity contribution in [3.05, 3.63) is 57.5 Å². The van der Waals surface area contributed by atoms with Crippen molar-refractivity contribution in [1.82, 2.24) is 0 Å². The first-order chi connectivity index (χ1) is 9.88. The van der Waals surface area contributed by atoms with E-state index < -0.39 is 11.6 Å². The highest BCUT2D eigenvalue weighted by Gasteiger charge is 2.42. The molecule has 2 aromatic rings. The van der Waals surface area contributed by atoms with Gasteiger partial charge in [-0.2, -0.15) is 0 Å². The molecule has 2 heterocycles. The van der Waals surface area contributed by atoms with Crippen molar-refractivity contribution in [3.63, 3.8) is 0 Å². The van der Waals surface area contributed by atoms with Crippen LogP contribution in [0.15, 0.2) is 35.7 Å². The summed E-state index contributed by atoms with van der Waals surface area (Å²) in [6, 6.07) is 8.11. The molecular formula is C17H15FO2S. The van der Waals surface area contributed by atoms with Crippen LogP contribution in [-0.2, 0) is 9.53 Å². The summed E-state index contributed by atoms with van der Waals surface area (Å²) in [6.07, 6.45) is 0. The number of ether oxygens (including phenoxy) is 1. The molecule has 108 valence electrons. The van der Waals surface area contributed by atoms with Crippen LogP contribution in [0.25, 0.3) is 11.1 Å². The summed E-state index contributed by atoms with van der Waals surface area (Å²) in [6.45, 7) is 5.73. The van der Waals surface area contributed by atoms with Gasteiger partial charge < -0.3 is 4.74 Å². The van der Waals surface area contributed by atoms with Gasteiger partial charge in [-0.1, -0.05) is 12.1 Å². The van der Waals surface area contributed by atoms with Gasteiger partial charge in [0.2, 0.25) is 0 Å². The summed E-state index contributed by atoms with van der Waals surface area (Å²) >= 11 is 1.57. The molecule has 0 fully saturated rings. The Bertz CT molecular complexity index is 756. The normalized spacial score (nSPS) is 17.2. The second-order valence-corrected chi connectivity index (χ2v) is 6.56. The third kappa shape index (κ3) is 2.40. The van der Waals surface area contributed by atoms with Crippen LogP contribution < -0.4 is 0 Å². The Balaban J connectivity index is 2.27. The summed E-state index contributed by atoms with van der Waals surface area (Å²) in [4.78, 5) is 13.3. The quantitative estimate of drug-likeness (QED) is 0.767. The minimum absolute atomic E-state index is 0.362. The summed E-state index contributed by atoms with van der Waals surface area (Å²) in [5, 5.41) is 2.03. The molecule has 0 radical (unpaired) electrons. The summed E-state index contributed by atoms with van der Waals surface area (Å²) in [5.74, 6) is -0.758. The molecule has 0 aliphatic carbocycles.